The van der Waals surface area contributed by atoms with Crippen LogP contribution in [0.15, 0.2) is 0 Å². The highest BCUT2D eigenvalue weighted by Gasteiger charge is 2.21. The van der Waals surface area contributed by atoms with Gasteiger partial charge < -0.3 is 14.9 Å². The summed E-state index contributed by atoms with van der Waals surface area (Å²) in [6.07, 6.45) is -1.52. The highest BCUT2D eigenvalue weighted by molar-refractivity contribution is 7.80. The standard InChI is InChI=1S/C8H15N2O7PS/c11-4-17-6(3-19)10-18(16)9-5(8(14)15)1-2-7(12)13/h4-6,18-19H,1-3H2,(H,12,13)(H,14,15)(H2,9,10,16)/t5-,6+/m0/s1. The Morgan fingerprint density at radius 3 is 2.42 bits per heavy atom. The Hall–Kier alpha value is -1.09. The van der Waals surface area contributed by atoms with Crippen molar-refractivity contribution in [1.29, 1.82) is 0 Å². The molecular weight excluding hydrogens is 299 g/mol. The summed E-state index contributed by atoms with van der Waals surface area (Å²) >= 11 is 3.83. The number of nitrogens with one attached hydrogen (secondary N) is 2. The molecule has 110 valence electrons. The molecule has 0 radical (unpaired) electrons. The molecule has 0 rings (SSSR count). The van der Waals surface area contributed by atoms with E-state index in [0.717, 1.165) is 0 Å². The van der Waals surface area contributed by atoms with Crippen LogP contribution in [0, 0.1) is 0 Å². The molecule has 11 heteroatoms. The Morgan fingerprint density at radius 2 is 2.00 bits per heavy atom. The van der Waals surface area contributed by atoms with Gasteiger partial charge in [-0.3, -0.25) is 18.9 Å². The van der Waals surface area contributed by atoms with Gasteiger partial charge in [0.15, 0.2) is 6.23 Å². The van der Waals surface area contributed by atoms with Crippen LogP contribution in [0.25, 0.3) is 0 Å². The van der Waals surface area contributed by atoms with Crippen molar-refractivity contribution >= 4 is 39.1 Å². The fraction of sp³-hybridized carbons (Fsp3) is 0.625. The van der Waals surface area contributed by atoms with Crippen LogP contribution in [0.3, 0.4) is 0 Å². The molecule has 1 unspecified atom stereocenters. The number of ether oxygens (including phenoxy) is 1. The summed E-state index contributed by atoms with van der Waals surface area (Å²) in [5.41, 5.74) is 0. The number of aliphatic carboxylic acids is 2. The number of carbonyl (C=O) groups is 3. The minimum Gasteiger partial charge on any atom is -0.481 e. The molecule has 0 aromatic heterocycles. The minimum absolute atomic E-state index is 0.0453. The molecule has 19 heavy (non-hydrogen) atoms. The lowest BCUT2D eigenvalue weighted by Crippen LogP contribution is -2.38. The maximum Gasteiger partial charge on any atom is 0.321 e. The van der Waals surface area contributed by atoms with Crippen LogP contribution >= 0.6 is 20.7 Å². The molecule has 0 saturated heterocycles. The first-order valence-electron chi connectivity index (χ1n) is 5.12. The maximum atomic E-state index is 11.6. The first-order valence-corrected chi connectivity index (χ1v) is 7.16. The second-order valence-corrected chi connectivity index (χ2v) is 4.95. The second kappa shape index (κ2) is 9.79. The van der Waals surface area contributed by atoms with Crippen molar-refractivity contribution < 1.29 is 33.9 Å². The predicted octanol–water partition coefficient (Wildman–Crippen LogP) is -0.698. The lowest BCUT2D eigenvalue weighted by molar-refractivity contribution is -0.140. The molecule has 0 amide bonds. The van der Waals surface area contributed by atoms with E-state index in [1.54, 1.807) is 0 Å². The van der Waals surface area contributed by atoms with E-state index in [1.165, 1.54) is 0 Å². The smallest absolute Gasteiger partial charge is 0.321 e. The van der Waals surface area contributed by atoms with Crippen molar-refractivity contribution in [2.45, 2.75) is 25.1 Å². The molecule has 4 N–H and O–H groups in total. The van der Waals surface area contributed by atoms with Crippen LogP contribution in [-0.4, -0.2) is 46.6 Å². The summed E-state index contributed by atoms with van der Waals surface area (Å²) in [6, 6.07) is -1.27. The van der Waals surface area contributed by atoms with Crippen molar-refractivity contribution in [3.63, 3.8) is 0 Å². The van der Waals surface area contributed by atoms with Crippen molar-refractivity contribution in [2.75, 3.05) is 5.75 Å². The highest BCUT2D eigenvalue weighted by Crippen LogP contribution is 2.14. The van der Waals surface area contributed by atoms with Gasteiger partial charge in [0, 0.05) is 12.2 Å². The third kappa shape index (κ3) is 8.60. The zero-order valence-electron chi connectivity index (χ0n) is 9.74. The first-order chi connectivity index (χ1) is 8.90. The lowest BCUT2D eigenvalue weighted by Gasteiger charge is -2.17. The summed E-state index contributed by atoms with van der Waals surface area (Å²) in [4.78, 5) is 31.3. The predicted molar refractivity (Wildman–Crippen MR) is 68.4 cm³/mol. The Balaban J connectivity index is 4.33. The minimum atomic E-state index is -2.77. The van der Waals surface area contributed by atoms with Gasteiger partial charge in [-0.05, 0) is 6.42 Å². The summed E-state index contributed by atoms with van der Waals surface area (Å²) in [5, 5.41) is 21.9. The molecule has 0 aliphatic carbocycles. The van der Waals surface area contributed by atoms with E-state index in [1.807, 2.05) is 0 Å². The fourth-order valence-corrected chi connectivity index (χ4v) is 2.54. The molecular formula is C8H15N2O7PS. The summed E-state index contributed by atoms with van der Waals surface area (Å²) in [6.45, 7) is 0.141. The number of carboxylic acid groups (broad SMARTS) is 2. The first kappa shape index (κ1) is 17.9. The van der Waals surface area contributed by atoms with Gasteiger partial charge in [-0.1, -0.05) is 0 Å². The Morgan fingerprint density at radius 1 is 1.37 bits per heavy atom. The van der Waals surface area contributed by atoms with Gasteiger partial charge >= 0.3 is 11.9 Å². The van der Waals surface area contributed by atoms with E-state index in [0.29, 0.717) is 0 Å². The molecule has 0 fully saturated rings. The fourth-order valence-electron chi connectivity index (χ4n) is 1.06. The van der Waals surface area contributed by atoms with E-state index in [9.17, 15) is 18.9 Å². The topological polar surface area (TPSA) is 142 Å². The average molecular weight is 314 g/mol. The molecule has 0 aliphatic rings. The Kier molecular flexibility index (Phi) is 9.23. The van der Waals surface area contributed by atoms with Gasteiger partial charge in [0.25, 0.3) is 6.47 Å². The average Bonchev–Trinajstić information content (AvgIpc) is 2.33. The van der Waals surface area contributed by atoms with Crippen molar-refractivity contribution in [2.24, 2.45) is 0 Å². The molecule has 0 aliphatic heterocycles. The summed E-state index contributed by atoms with van der Waals surface area (Å²) in [7, 11) is -2.77. The largest absolute Gasteiger partial charge is 0.481 e. The number of thiol groups is 1. The quantitative estimate of drug-likeness (QED) is 0.145. The van der Waals surface area contributed by atoms with Gasteiger partial charge in [0.2, 0.25) is 8.10 Å². The maximum absolute atomic E-state index is 11.6. The second-order valence-electron chi connectivity index (χ2n) is 3.34. The number of carbonyl (C=O) groups excluding carboxylic acids is 1. The van der Waals surface area contributed by atoms with Crippen molar-refractivity contribution in [3.05, 3.63) is 0 Å². The molecule has 0 spiro atoms. The summed E-state index contributed by atoms with van der Waals surface area (Å²) < 4.78 is 16.0. The molecule has 0 aromatic carbocycles. The van der Waals surface area contributed by atoms with E-state index < -0.39 is 32.3 Å². The van der Waals surface area contributed by atoms with Gasteiger partial charge in [0.1, 0.15) is 6.04 Å². The molecule has 0 bridgehead atoms. The zero-order valence-corrected chi connectivity index (χ0v) is 11.6. The van der Waals surface area contributed by atoms with Crippen LogP contribution in [0.1, 0.15) is 12.8 Å². The number of rotatable bonds is 11. The summed E-state index contributed by atoms with van der Waals surface area (Å²) in [5.74, 6) is -2.43. The van der Waals surface area contributed by atoms with Crippen molar-refractivity contribution in [1.82, 2.24) is 10.2 Å². The molecule has 3 atom stereocenters. The van der Waals surface area contributed by atoms with Crippen LogP contribution < -0.4 is 10.2 Å². The monoisotopic (exact) mass is 314 g/mol. The van der Waals surface area contributed by atoms with E-state index >= 15 is 0 Å². The highest BCUT2D eigenvalue weighted by atomic mass is 32.1. The van der Waals surface area contributed by atoms with Crippen LogP contribution in [0.2, 0.25) is 0 Å². The molecule has 0 aromatic rings. The van der Waals surface area contributed by atoms with Crippen LogP contribution in [0.4, 0.5) is 0 Å². The van der Waals surface area contributed by atoms with Gasteiger partial charge in [0.05, 0.1) is 0 Å². The van der Waals surface area contributed by atoms with Crippen LogP contribution in [-0.2, 0) is 23.7 Å². The van der Waals surface area contributed by atoms with Gasteiger partial charge in [-0.2, -0.15) is 12.6 Å². The number of hydrogen-bond acceptors (Lipinski definition) is 6. The van der Waals surface area contributed by atoms with E-state index in [-0.39, 0.29) is 25.1 Å². The zero-order chi connectivity index (χ0) is 14.8. The van der Waals surface area contributed by atoms with Gasteiger partial charge in [-0.25, -0.2) is 10.2 Å². The molecule has 0 heterocycles. The number of carboxylic acids is 2. The van der Waals surface area contributed by atoms with E-state index in [2.05, 4.69) is 27.5 Å². The van der Waals surface area contributed by atoms with Crippen LogP contribution in [0.5, 0.6) is 0 Å². The third-order valence-electron chi connectivity index (χ3n) is 1.93. The lowest BCUT2D eigenvalue weighted by atomic mass is 10.2. The van der Waals surface area contributed by atoms with E-state index in [4.69, 9.17) is 10.2 Å². The van der Waals surface area contributed by atoms with Gasteiger partial charge in [-0.15, -0.1) is 0 Å². The Bertz CT molecular complexity index is 354. The molecule has 0 saturated carbocycles. The Labute approximate surface area is 115 Å². The normalized spacial score (nSPS) is 15.2. The SMILES string of the molecule is O=CO[C@H](CS)N[PH](=O)N[C@@H](CCC(=O)O)C(=O)O. The number of hydrogen-bond donors (Lipinski definition) is 5. The molecule has 9 nitrogen and oxygen atoms in total. The van der Waals surface area contributed by atoms with Crippen molar-refractivity contribution in [3.8, 4) is 0 Å². The third-order valence-corrected chi connectivity index (χ3v) is 3.45.